The van der Waals surface area contributed by atoms with Gasteiger partial charge in [0, 0.05) is 30.9 Å². The number of pyridine rings is 1. The predicted octanol–water partition coefficient (Wildman–Crippen LogP) is 3.74. The fourth-order valence-electron chi connectivity index (χ4n) is 3.14. The van der Waals surface area contributed by atoms with Gasteiger partial charge in [-0.15, -0.1) is 0 Å². The highest BCUT2D eigenvalue weighted by Crippen LogP contribution is 2.28. The van der Waals surface area contributed by atoms with E-state index in [0.717, 1.165) is 13.1 Å². The lowest BCUT2D eigenvalue weighted by molar-refractivity contribution is 0.430. The summed E-state index contributed by atoms with van der Waals surface area (Å²) in [6.45, 7) is 7.68. The van der Waals surface area contributed by atoms with Gasteiger partial charge in [-0.2, -0.15) is 0 Å². The molecule has 3 heteroatoms. The van der Waals surface area contributed by atoms with Gasteiger partial charge >= 0.3 is 0 Å². The molecule has 0 aliphatic carbocycles. The molecule has 1 unspecified atom stereocenters. The second kappa shape index (κ2) is 8.25. The van der Waals surface area contributed by atoms with Crippen LogP contribution in [-0.4, -0.2) is 24.1 Å². The average Bonchev–Trinajstić information content (AvgIpc) is 2.49. The molecule has 1 aromatic rings. The summed E-state index contributed by atoms with van der Waals surface area (Å²) in [5.74, 6) is 1.22. The van der Waals surface area contributed by atoms with Gasteiger partial charge in [-0.1, -0.05) is 26.3 Å². The minimum absolute atomic E-state index is 0.688. The molecule has 1 N–H and O–H groups in total. The second-order valence-corrected chi connectivity index (χ2v) is 5.79. The quantitative estimate of drug-likeness (QED) is 0.768. The van der Waals surface area contributed by atoms with Crippen molar-refractivity contribution in [3.8, 4) is 0 Å². The van der Waals surface area contributed by atoms with E-state index in [1.165, 1.54) is 56.5 Å². The minimum atomic E-state index is 0.688. The Morgan fingerprint density at radius 1 is 1.30 bits per heavy atom. The number of nitrogens with zero attached hydrogens (tertiary/aromatic N) is 2. The Morgan fingerprint density at radius 2 is 2.20 bits per heavy atom. The van der Waals surface area contributed by atoms with Crippen molar-refractivity contribution in [1.82, 2.24) is 10.3 Å². The molecular weight excluding hydrogens is 246 g/mol. The molecule has 0 saturated carbocycles. The minimum Gasteiger partial charge on any atom is -0.353 e. The standard InChI is InChI=1S/C17H29N3/c1-3-8-16-10-5-6-13-20(16)17-15(9-7-12-19-17)14-18-11-4-2/h7,9,12,16,18H,3-6,8,10-11,13-14H2,1-2H3. The Morgan fingerprint density at radius 3 is 3.00 bits per heavy atom. The highest BCUT2D eigenvalue weighted by Gasteiger charge is 2.24. The Labute approximate surface area is 123 Å². The molecule has 0 radical (unpaired) electrons. The van der Waals surface area contributed by atoms with Crippen LogP contribution in [0.5, 0.6) is 0 Å². The zero-order valence-corrected chi connectivity index (χ0v) is 13.1. The Bertz CT molecular complexity index is 390. The maximum absolute atomic E-state index is 4.70. The normalized spacial score (nSPS) is 19.3. The van der Waals surface area contributed by atoms with Gasteiger partial charge in [0.05, 0.1) is 0 Å². The number of rotatable bonds is 7. The molecule has 0 spiro atoms. The number of nitrogens with one attached hydrogen (secondary N) is 1. The summed E-state index contributed by atoms with van der Waals surface area (Å²) in [5, 5.41) is 3.51. The van der Waals surface area contributed by atoms with Crippen LogP contribution in [0.1, 0.15) is 57.9 Å². The Balaban J connectivity index is 2.12. The molecule has 112 valence electrons. The summed E-state index contributed by atoms with van der Waals surface area (Å²) in [6.07, 6.45) is 9.67. The largest absolute Gasteiger partial charge is 0.353 e. The van der Waals surface area contributed by atoms with E-state index in [0.29, 0.717) is 6.04 Å². The van der Waals surface area contributed by atoms with Crippen molar-refractivity contribution < 1.29 is 0 Å². The summed E-state index contributed by atoms with van der Waals surface area (Å²) in [7, 11) is 0. The summed E-state index contributed by atoms with van der Waals surface area (Å²) in [5.41, 5.74) is 1.35. The molecular formula is C17H29N3. The van der Waals surface area contributed by atoms with Crippen LogP contribution in [0, 0.1) is 0 Å². The first-order valence-corrected chi connectivity index (χ1v) is 8.28. The molecule has 1 aliphatic rings. The van der Waals surface area contributed by atoms with Crippen LogP contribution < -0.4 is 10.2 Å². The van der Waals surface area contributed by atoms with Crippen molar-refractivity contribution >= 4 is 5.82 Å². The first-order valence-electron chi connectivity index (χ1n) is 8.28. The summed E-state index contributed by atoms with van der Waals surface area (Å²) in [4.78, 5) is 7.26. The SMILES string of the molecule is CCCNCc1cccnc1N1CCCCC1CCC. The average molecular weight is 275 g/mol. The van der Waals surface area contributed by atoms with Gasteiger partial charge in [-0.05, 0) is 44.7 Å². The van der Waals surface area contributed by atoms with Crippen molar-refractivity contribution in [2.45, 2.75) is 65.0 Å². The molecule has 3 nitrogen and oxygen atoms in total. The summed E-state index contributed by atoms with van der Waals surface area (Å²) >= 11 is 0. The molecule has 1 aromatic heterocycles. The van der Waals surface area contributed by atoms with Crippen molar-refractivity contribution in [2.24, 2.45) is 0 Å². The third-order valence-corrected chi connectivity index (χ3v) is 4.13. The molecule has 2 rings (SSSR count). The molecule has 1 saturated heterocycles. The Hall–Kier alpha value is -1.09. The zero-order valence-electron chi connectivity index (χ0n) is 13.1. The van der Waals surface area contributed by atoms with Crippen LogP contribution in [0.15, 0.2) is 18.3 Å². The highest BCUT2D eigenvalue weighted by atomic mass is 15.2. The van der Waals surface area contributed by atoms with Crippen LogP contribution in [0.2, 0.25) is 0 Å². The summed E-state index contributed by atoms with van der Waals surface area (Å²) < 4.78 is 0. The molecule has 20 heavy (non-hydrogen) atoms. The van der Waals surface area contributed by atoms with Crippen LogP contribution >= 0.6 is 0 Å². The van der Waals surface area contributed by atoms with Gasteiger partial charge in [0.2, 0.25) is 0 Å². The van der Waals surface area contributed by atoms with Gasteiger partial charge < -0.3 is 10.2 Å². The van der Waals surface area contributed by atoms with Gasteiger partial charge in [0.25, 0.3) is 0 Å². The molecule has 0 aromatic carbocycles. The van der Waals surface area contributed by atoms with Gasteiger partial charge in [-0.25, -0.2) is 4.98 Å². The highest BCUT2D eigenvalue weighted by molar-refractivity contribution is 5.48. The number of piperidine rings is 1. The zero-order chi connectivity index (χ0) is 14.2. The number of anilines is 1. The third kappa shape index (κ3) is 3.95. The molecule has 0 amide bonds. The molecule has 2 heterocycles. The first-order chi connectivity index (χ1) is 9.86. The van der Waals surface area contributed by atoms with E-state index in [-0.39, 0.29) is 0 Å². The lowest BCUT2D eigenvalue weighted by Crippen LogP contribution is -2.40. The first kappa shape index (κ1) is 15.3. The molecule has 1 atom stereocenters. The van der Waals surface area contributed by atoms with Gasteiger partial charge in [0.15, 0.2) is 0 Å². The van der Waals surface area contributed by atoms with Crippen LogP contribution in [0.4, 0.5) is 5.82 Å². The van der Waals surface area contributed by atoms with Crippen molar-refractivity contribution in [1.29, 1.82) is 0 Å². The monoisotopic (exact) mass is 275 g/mol. The number of hydrogen-bond acceptors (Lipinski definition) is 3. The van der Waals surface area contributed by atoms with E-state index in [4.69, 9.17) is 4.98 Å². The topological polar surface area (TPSA) is 28.2 Å². The second-order valence-electron chi connectivity index (χ2n) is 5.79. The van der Waals surface area contributed by atoms with E-state index >= 15 is 0 Å². The predicted molar refractivity (Wildman–Crippen MR) is 86.1 cm³/mol. The smallest absolute Gasteiger partial charge is 0.133 e. The van der Waals surface area contributed by atoms with Crippen molar-refractivity contribution in [2.75, 3.05) is 18.0 Å². The van der Waals surface area contributed by atoms with E-state index in [2.05, 4.69) is 36.2 Å². The van der Waals surface area contributed by atoms with Crippen LogP contribution in [0.3, 0.4) is 0 Å². The number of aromatic nitrogens is 1. The lowest BCUT2D eigenvalue weighted by Gasteiger charge is -2.37. The maximum Gasteiger partial charge on any atom is 0.133 e. The van der Waals surface area contributed by atoms with Gasteiger partial charge in [-0.3, -0.25) is 0 Å². The maximum atomic E-state index is 4.70. The third-order valence-electron chi connectivity index (χ3n) is 4.13. The van der Waals surface area contributed by atoms with Crippen molar-refractivity contribution in [3.63, 3.8) is 0 Å². The Kier molecular flexibility index (Phi) is 6.31. The number of hydrogen-bond donors (Lipinski definition) is 1. The lowest BCUT2D eigenvalue weighted by atomic mass is 9.97. The van der Waals surface area contributed by atoms with E-state index in [1.807, 2.05) is 6.20 Å². The van der Waals surface area contributed by atoms with Crippen LogP contribution in [-0.2, 0) is 6.54 Å². The fourth-order valence-corrected chi connectivity index (χ4v) is 3.14. The molecule has 0 bridgehead atoms. The van der Waals surface area contributed by atoms with E-state index in [1.54, 1.807) is 0 Å². The van der Waals surface area contributed by atoms with Crippen molar-refractivity contribution in [3.05, 3.63) is 23.9 Å². The van der Waals surface area contributed by atoms with Gasteiger partial charge in [0.1, 0.15) is 5.82 Å². The van der Waals surface area contributed by atoms with Crippen LogP contribution in [0.25, 0.3) is 0 Å². The molecule has 1 aliphatic heterocycles. The molecule has 1 fully saturated rings. The van der Waals surface area contributed by atoms with E-state index in [9.17, 15) is 0 Å². The van der Waals surface area contributed by atoms with E-state index < -0.39 is 0 Å². The fraction of sp³-hybridized carbons (Fsp3) is 0.706. The summed E-state index contributed by atoms with van der Waals surface area (Å²) in [6, 6.07) is 4.97.